The van der Waals surface area contributed by atoms with Crippen LogP contribution in [0.1, 0.15) is 16.1 Å². The second kappa shape index (κ2) is 5.38. The molecule has 1 aromatic carbocycles. The summed E-state index contributed by atoms with van der Waals surface area (Å²) >= 11 is 18.3. The molecule has 0 fully saturated rings. The van der Waals surface area contributed by atoms with Gasteiger partial charge in [0.15, 0.2) is 6.29 Å². The zero-order valence-corrected chi connectivity index (χ0v) is 13.3. The van der Waals surface area contributed by atoms with Crippen molar-refractivity contribution in [2.24, 2.45) is 0 Å². The van der Waals surface area contributed by atoms with E-state index in [1.165, 1.54) is 0 Å². The fraction of sp³-hybridized carbons (Fsp3) is 0.0625. The van der Waals surface area contributed by atoms with Crippen LogP contribution in [0.4, 0.5) is 0 Å². The predicted molar refractivity (Wildman–Crippen MR) is 88.0 cm³/mol. The molecule has 0 atom stereocenters. The number of pyridine rings is 1. The van der Waals surface area contributed by atoms with Crippen molar-refractivity contribution in [2.75, 3.05) is 0 Å². The summed E-state index contributed by atoms with van der Waals surface area (Å²) in [4.78, 5) is 11.5. The first-order chi connectivity index (χ1) is 10.0. The Morgan fingerprint density at radius 1 is 1.05 bits per heavy atom. The standard InChI is InChI=1S/C16H10Cl3NO/c1-9-3-2-6-20-13(9)7-11(14(20)8-21)10-4-5-12(17)16(19)15(10)18/h2-8H,1H3. The van der Waals surface area contributed by atoms with E-state index in [1.54, 1.807) is 12.1 Å². The van der Waals surface area contributed by atoms with Gasteiger partial charge in [0.1, 0.15) is 0 Å². The monoisotopic (exact) mass is 337 g/mol. The Morgan fingerprint density at radius 2 is 1.81 bits per heavy atom. The van der Waals surface area contributed by atoms with E-state index in [0.29, 0.717) is 26.3 Å². The Hall–Kier alpha value is -1.48. The van der Waals surface area contributed by atoms with E-state index < -0.39 is 0 Å². The second-order valence-corrected chi connectivity index (χ2v) is 5.89. The number of nitrogens with zero attached hydrogens (tertiary/aromatic N) is 1. The van der Waals surface area contributed by atoms with Crippen molar-refractivity contribution in [2.45, 2.75) is 6.92 Å². The number of hydrogen-bond donors (Lipinski definition) is 0. The average Bonchev–Trinajstić information content (AvgIpc) is 2.85. The number of rotatable bonds is 2. The van der Waals surface area contributed by atoms with Crippen molar-refractivity contribution < 1.29 is 4.79 Å². The van der Waals surface area contributed by atoms with Crippen molar-refractivity contribution in [3.05, 3.63) is 62.9 Å². The van der Waals surface area contributed by atoms with Crippen molar-refractivity contribution in [3.63, 3.8) is 0 Å². The lowest BCUT2D eigenvalue weighted by molar-refractivity contribution is 0.111. The molecule has 5 heteroatoms. The molecule has 3 aromatic rings. The highest BCUT2D eigenvalue weighted by atomic mass is 35.5. The first kappa shape index (κ1) is 14.5. The lowest BCUT2D eigenvalue weighted by Gasteiger charge is -2.06. The number of aldehydes is 1. The number of aryl methyl sites for hydroxylation is 1. The summed E-state index contributed by atoms with van der Waals surface area (Å²) < 4.78 is 1.84. The number of aromatic nitrogens is 1. The van der Waals surface area contributed by atoms with Gasteiger partial charge in [0.25, 0.3) is 0 Å². The zero-order chi connectivity index (χ0) is 15.1. The lowest BCUT2D eigenvalue weighted by Crippen LogP contribution is -1.93. The second-order valence-electron chi connectivity index (χ2n) is 4.73. The molecule has 0 aliphatic rings. The third-order valence-corrected chi connectivity index (χ3v) is 4.79. The summed E-state index contributed by atoms with van der Waals surface area (Å²) in [6.45, 7) is 1.99. The van der Waals surface area contributed by atoms with Gasteiger partial charge in [0.05, 0.1) is 20.8 Å². The molecule has 2 nitrogen and oxygen atoms in total. The van der Waals surface area contributed by atoms with Crippen molar-refractivity contribution in [1.82, 2.24) is 4.40 Å². The SMILES string of the molecule is Cc1cccn2c(C=O)c(-c3ccc(Cl)c(Cl)c3Cl)cc12. The van der Waals surface area contributed by atoms with E-state index in [-0.39, 0.29) is 0 Å². The molecule has 21 heavy (non-hydrogen) atoms. The molecule has 0 saturated heterocycles. The molecule has 0 N–H and O–H groups in total. The summed E-state index contributed by atoms with van der Waals surface area (Å²) in [7, 11) is 0. The van der Waals surface area contributed by atoms with Gasteiger partial charge in [-0.3, -0.25) is 4.79 Å². The quantitative estimate of drug-likeness (QED) is 0.434. The summed E-state index contributed by atoms with van der Waals surface area (Å²) in [5, 5.41) is 1.03. The van der Waals surface area contributed by atoms with E-state index >= 15 is 0 Å². The summed E-state index contributed by atoms with van der Waals surface area (Å²) in [5.74, 6) is 0. The van der Waals surface area contributed by atoms with E-state index in [1.807, 2.05) is 35.7 Å². The topological polar surface area (TPSA) is 21.5 Å². The number of benzene rings is 1. The van der Waals surface area contributed by atoms with E-state index in [4.69, 9.17) is 34.8 Å². The maximum atomic E-state index is 11.5. The smallest absolute Gasteiger partial charge is 0.167 e. The van der Waals surface area contributed by atoms with E-state index in [2.05, 4.69) is 0 Å². The van der Waals surface area contributed by atoms with Crippen LogP contribution in [0.5, 0.6) is 0 Å². The average molecular weight is 339 g/mol. The molecule has 0 aliphatic heterocycles. The molecule has 0 amide bonds. The molecule has 0 spiro atoms. The lowest BCUT2D eigenvalue weighted by atomic mass is 10.1. The van der Waals surface area contributed by atoms with Crippen LogP contribution in [0.3, 0.4) is 0 Å². The third kappa shape index (κ3) is 2.24. The van der Waals surface area contributed by atoms with Crippen molar-refractivity contribution >= 4 is 46.6 Å². The summed E-state index contributed by atoms with van der Waals surface area (Å²) in [6.07, 6.45) is 2.67. The van der Waals surface area contributed by atoms with E-state index in [0.717, 1.165) is 22.9 Å². The molecular formula is C16H10Cl3NO. The molecule has 0 aliphatic carbocycles. The van der Waals surface area contributed by atoms with Gasteiger partial charge >= 0.3 is 0 Å². The molecule has 2 aromatic heterocycles. The minimum Gasteiger partial charge on any atom is -0.313 e. The van der Waals surface area contributed by atoms with Crippen molar-refractivity contribution in [3.8, 4) is 11.1 Å². The fourth-order valence-corrected chi connectivity index (χ4v) is 3.07. The number of halogens is 3. The van der Waals surface area contributed by atoms with Crippen LogP contribution in [0.25, 0.3) is 16.6 Å². The van der Waals surface area contributed by atoms with Gasteiger partial charge in [-0.15, -0.1) is 0 Å². The van der Waals surface area contributed by atoms with Crippen molar-refractivity contribution in [1.29, 1.82) is 0 Å². The van der Waals surface area contributed by atoms with Gasteiger partial charge < -0.3 is 4.40 Å². The van der Waals surface area contributed by atoms with Gasteiger partial charge in [0, 0.05) is 22.8 Å². The van der Waals surface area contributed by atoms with Gasteiger partial charge in [-0.2, -0.15) is 0 Å². The van der Waals surface area contributed by atoms with Gasteiger partial charge in [0.2, 0.25) is 0 Å². The highest BCUT2D eigenvalue weighted by Gasteiger charge is 2.17. The number of carbonyl (C=O) groups is 1. The molecule has 0 unspecified atom stereocenters. The molecule has 0 radical (unpaired) electrons. The Bertz CT molecular complexity index is 868. The predicted octanol–water partition coefficient (Wildman–Crippen LogP) is 5.69. The maximum Gasteiger partial charge on any atom is 0.167 e. The maximum absolute atomic E-state index is 11.5. The Morgan fingerprint density at radius 3 is 2.52 bits per heavy atom. The number of hydrogen-bond acceptors (Lipinski definition) is 1. The molecular weight excluding hydrogens is 329 g/mol. The minimum absolute atomic E-state index is 0.291. The number of carbonyl (C=O) groups excluding carboxylic acids is 1. The van der Waals surface area contributed by atoms with Crippen LogP contribution in [0, 0.1) is 6.92 Å². The minimum atomic E-state index is 0.291. The normalized spacial score (nSPS) is 11.0. The van der Waals surface area contributed by atoms with Crippen LogP contribution in [0.2, 0.25) is 15.1 Å². The zero-order valence-electron chi connectivity index (χ0n) is 11.0. The van der Waals surface area contributed by atoms with Crippen LogP contribution in [0.15, 0.2) is 36.5 Å². The first-order valence-electron chi connectivity index (χ1n) is 6.24. The molecule has 2 heterocycles. The molecule has 3 rings (SSSR count). The van der Waals surface area contributed by atoms with Crippen LogP contribution >= 0.6 is 34.8 Å². The van der Waals surface area contributed by atoms with Gasteiger partial charge in [-0.1, -0.05) is 46.9 Å². The highest BCUT2D eigenvalue weighted by molar-refractivity contribution is 6.49. The van der Waals surface area contributed by atoms with Gasteiger partial charge in [-0.25, -0.2) is 0 Å². The van der Waals surface area contributed by atoms with Crippen LogP contribution in [-0.2, 0) is 0 Å². The summed E-state index contributed by atoms with van der Waals surface area (Å²) in [5.41, 5.74) is 3.99. The van der Waals surface area contributed by atoms with Gasteiger partial charge in [-0.05, 0) is 30.7 Å². The number of fused-ring (bicyclic) bond motifs is 1. The Balaban J connectivity index is 2.38. The fourth-order valence-electron chi connectivity index (χ4n) is 2.43. The summed E-state index contributed by atoms with van der Waals surface area (Å²) in [6, 6.07) is 9.27. The molecule has 106 valence electrons. The first-order valence-corrected chi connectivity index (χ1v) is 7.37. The van der Waals surface area contributed by atoms with Crippen LogP contribution in [-0.4, -0.2) is 10.7 Å². The Labute approximate surface area is 136 Å². The Kier molecular flexibility index (Phi) is 3.70. The largest absolute Gasteiger partial charge is 0.313 e. The third-order valence-electron chi connectivity index (χ3n) is 3.50. The molecule has 0 bridgehead atoms. The van der Waals surface area contributed by atoms with Crippen LogP contribution < -0.4 is 0 Å². The molecule has 0 saturated carbocycles. The van der Waals surface area contributed by atoms with E-state index in [9.17, 15) is 4.79 Å². The highest BCUT2D eigenvalue weighted by Crippen LogP contribution is 2.40.